The molecule has 0 bridgehead atoms. The van der Waals surface area contributed by atoms with Crippen molar-refractivity contribution >= 4 is 11.6 Å². The van der Waals surface area contributed by atoms with Crippen LogP contribution >= 0.6 is 0 Å². The molecular formula is C13H18N2O2. The van der Waals surface area contributed by atoms with Crippen molar-refractivity contribution < 1.29 is 9.53 Å². The van der Waals surface area contributed by atoms with Crippen molar-refractivity contribution in [2.75, 3.05) is 19.0 Å². The topological polar surface area (TPSA) is 50.4 Å². The zero-order valence-electron chi connectivity index (χ0n) is 10.2. The Bertz CT molecular complexity index is 381. The van der Waals surface area contributed by atoms with Crippen LogP contribution in [0.1, 0.15) is 12.5 Å². The Hall–Kier alpha value is -1.55. The number of para-hydroxylation sites is 1. The summed E-state index contributed by atoms with van der Waals surface area (Å²) in [6.45, 7) is 2.47. The fourth-order valence-corrected chi connectivity index (χ4v) is 1.91. The smallest absolute Gasteiger partial charge is 0.242 e. The summed E-state index contributed by atoms with van der Waals surface area (Å²) in [4.78, 5) is 11.9. The van der Waals surface area contributed by atoms with E-state index in [0.29, 0.717) is 6.54 Å². The molecule has 0 aromatic heterocycles. The van der Waals surface area contributed by atoms with Crippen molar-refractivity contribution in [2.45, 2.75) is 25.5 Å². The summed E-state index contributed by atoms with van der Waals surface area (Å²) >= 11 is 0. The first-order valence-electron chi connectivity index (χ1n) is 5.85. The van der Waals surface area contributed by atoms with Gasteiger partial charge in [0.25, 0.3) is 0 Å². The van der Waals surface area contributed by atoms with Gasteiger partial charge in [-0.05, 0) is 18.6 Å². The van der Waals surface area contributed by atoms with Gasteiger partial charge >= 0.3 is 0 Å². The molecule has 1 amide bonds. The van der Waals surface area contributed by atoms with Crippen LogP contribution in [0.2, 0.25) is 0 Å². The van der Waals surface area contributed by atoms with Crippen LogP contribution in [0.3, 0.4) is 0 Å². The van der Waals surface area contributed by atoms with E-state index in [1.807, 2.05) is 31.2 Å². The highest BCUT2D eigenvalue weighted by Gasteiger charge is 2.26. The van der Waals surface area contributed by atoms with Crippen molar-refractivity contribution in [3.63, 3.8) is 0 Å². The number of methoxy groups -OCH3 is 1. The molecule has 0 saturated heterocycles. The minimum atomic E-state index is -0.156. The van der Waals surface area contributed by atoms with E-state index in [4.69, 9.17) is 4.74 Å². The molecule has 0 aliphatic carbocycles. The van der Waals surface area contributed by atoms with Gasteiger partial charge in [0.15, 0.2) is 0 Å². The van der Waals surface area contributed by atoms with Crippen LogP contribution in [0.4, 0.5) is 5.69 Å². The van der Waals surface area contributed by atoms with E-state index < -0.39 is 0 Å². The standard InChI is InChI=1S/C13H18N2O2/c1-9(17-2)8-14-13(16)12-7-10-5-3-4-6-11(10)15-12/h3-6,9,12,15H,7-8H2,1-2H3,(H,14,16). The minimum Gasteiger partial charge on any atom is -0.380 e. The third-order valence-corrected chi connectivity index (χ3v) is 3.05. The van der Waals surface area contributed by atoms with Crippen LogP contribution < -0.4 is 10.6 Å². The van der Waals surface area contributed by atoms with Crippen LogP contribution in [-0.4, -0.2) is 31.7 Å². The number of carbonyl (C=O) groups excluding carboxylic acids is 1. The Labute approximate surface area is 101 Å². The number of nitrogens with one attached hydrogen (secondary N) is 2. The molecule has 2 atom stereocenters. The number of rotatable bonds is 4. The SMILES string of the molecule is COC(C)CNC(=O)C1Cc2ccccc2N1. The first-order valence-corrected chi connectivity index (χ1v) is 5.85. The van der Waals surface area contributed by atoms with Crippen molar-refractivity contribution in [3.8, 4) is 0 Å². The number of hydrogen-bond acceptors (Lipinski definition) is 3. The van der Waals surface area contributed by atoms with Gasteiger partial charge in [0.1, 0.15) is 6.04 Å². The molecule has 1 aromatic carbocycles. The fourth-order valence-electron chi connectivity index (χ4n) is 1.91. The normalized spacial score (nSPS) is 19.3. The number of hydrogen-bond donors (Lipinski definition) is 2. The average Bonchev–Trinajstić information content (AvgIpc) is 2.79. The lowest BCUT2D eigenvalue weighted by molar-refractivity contribution is -0.122. The molecule has 4 heteroatoms. The van der Waals surface area contributed by atoms with Gasteiger partial charge in [0.05, 0.1) is 6.10 Å². The number of anilines is 1. The Morgan fingerprint density at radius 2 is 2.35 bits per heavy atom. The van der Waals surface area contributed by atoms with E-state index in [0.717, 1.165) is 12.1 Å². The summed E-state index contributed by atoms with van der Waals surface area (Å²) in [6.07, 6.45) is 0.798. The van der Waals surface area contributed by atoms with Gasteiger partial charge in [-0.15, -0.1) is 0 Å². The van der Waals surface area contributed by atoms with Gasteiger partial charge in [-0.25, -0.2) is 0 Å². The first kappa shape index (κ1) is 11.9. The molecule has 1 aliphatic heterocycles. The second-order valence-corrected chi connectivity index (χ2v) is 4.35. The maximum Gasteiger partial charge on any atom is 0.242 e. The molecule has 2 unspecified atom stereocenters. The van der Waals surface area contributed by atoms with Gasteiger partial charge in [0.2, 0.25) is 5.91 Å². The van der Waals surface area contributed by atoms with Crippen LogP contribution in [0.5, 0.6) is 0 Å². The Balaban J connectivity index is 1.88. The molecule has 1 aromatic rings. The minimum absolute atomic E-state index is 0.0325. The average molecular weight is 234 g/mol. The molecule has 2 rings (SSSR count). The van der Waals surface area contributed by atoms with Crippen LogP contribution in [0.25, 0.3) is 0 Å². The van der Waals surface area contributed by atoms with Crippen molar-refractivity contribution in [2.24, 2.45) is 0 Å². The lowest BCUT2D eigenvalue weighted by atomic mass is 10.1. The summed E-state index contributed by atoms with van der Waals surface area (Å²) in [5.41, 5.74) is 2.26. The van der Waals surface area contributed by atoms with Gasteiger partial charge < -0.3 is 15.4 Å². The second-order valence-electron chi connectivity index (χ2n) is 4.35. The predicted octanol–water partition coefficient (Wildman–Crippen LogP) is 1.17. The largest absolute Gasteiger partial charge is 0.380 e. The van der Waals surface area contributed by atoms with Gasteiger partial charge in [-0.2, -0.15) is 0 Å². The maximum atomic E-state index is 11.9. The molecule has 2 N–H and O–H groups in total. The zero-order chi connectivity index (χ0) is 12.3. The number of benzene rings is 1. The number of amides is 1. The van der Waals surface area contributed by atoms with Crippen molar-refractivity contribution in [1.82, 2.24) is 5.32 Å². The first-order chi connectivity index (χ1) is 8.20. The third kappa shape index (κ3) is 2.77. The number of carbonyl (C=O) groups is 1. The van der Waals surface area contributed by atoms with E-state index in [2.05, 4.69) is 10.6 Å². The van der Waals surface area contributed by atoms with E-state index >= 15 is 0 Å². The Kier molecular flexibility index (Phi) is 3.64. The van der Waals surface area contributed by atoms with E-state index in [9.17, 15) is 4.79 Å². The van der Waals surface area contributed by atoms with Crippen LogP contribution in [-0.2, 0) is 16.0 Å². The quantitative estimate of drug-likeness (QED) is 0.822. The fraction of sp³-hybridized carbons (Fsp3) is 0.462. The second kappa shape index (κ2) is 5.19. The lowest BCUT2D eigenvalue weighted by Gasteiger charge is -2.14. The highest BCUT2D eigenvalue weighted by molar-refractivity contribution is 5.87. The van der Waals surface area contributed by atoms with E-state index in [-0.39, 0.29) is 18.1 Å². The van der Waals surface area contributed by atoms with E-state index in [1.165, 1.54) is 5.56 Å². The summed E-state index contributed by atoms with van der Waals surface area (Å²) in [5.74, 6) is 0.0325. The Morgan fingerprint density at radius 1 is 1.59 bits per heavy atom. The summed E-state index contributed by atoms with van der Waals surface area (Å²) in [7, 11) is 1.64. The monoisotopic (exact) mass is 234 g/mol. The van der Waals surface area contributed by atoms with Crippen LogP contribution in [0, 0.1) is 0 Å². The highest BCUT2D eigenvalue weighted by atomic mass is 16.5. The molecule has 17 heavy (non-hydrogen) atoms. The molecule has 0 fully saturated rings. The summed E-state index contributed by atoms with van der Waals surface area (Å²) in [5, 5.41) is 6.11. The van der Waals surface area contributed by atoms with Crippen molar-refractivity contribution in [3.05, 3.63) is 29.8 Å². The summed E-state index contributed by atoms with van der Waals surface area (Å²) in [6, 6.07) is 7.86. The number of fused-ring (bicyclic) bond motifs is 1. The zero-order valence-corrected chi connectivity index (χ0v) is 10.2. The molecule has 1 aliphatic rings. The lowest BCUT2D eigenvalue weighted by Crippen LogP contribution is -2.41. The third-order valence-electron chi connectivity index (χ3n) is 3.05. The van der Waals surface area contributed by atoms with Crippen molar-refractivity contribution in [1.29, 1.82) is 0 Å². The predicted molar refractivity (Wildman–Crippen MR) is 67.0 cm³/mol. The molecule has 92 valence electrons. The maximum absolute atomic E-state index is 11.9. The molecule has 0 radical (unpaired) electrons. The van der Waals surface area contributed by atoms with Crippen LogP contribution in [0.15, 0.2) is 24.3 Å². The Morgan fingerprint density at radius 3 is 3.06 bits per heavy atom. The molecule has 0 saturated carbocycles. The molecule has 4 nitrogen and oxygen atoms in total. The highest BCUT2D eigenvalue weighted by Crippen LogP contribution is 2.24. The molecular weight excluding hydrogens is 216 g/mol. The molecule has 0 spiro atoms. The summed E-state index contributed by atoms with van der Waals surface area (Å²) < 4.78 is 5.09. The number of ether oxygens (including phenoxy) is 1. The molecule has 1 heterocycles. The van der Waals surface area contributed by atoms with Gasteiger partial charge in [0, 0.05) is 25.8 Å². The van der Waals surface area contributed by atoms with Gasteiger partial charge in [-0.1, -0.05) is 18.2 Å². The van der Waals surface area contributed by atoms with Gasteiger partial charge in [-0.3, -0.25) is 4.79 Å². The van der Waals surface area contributed by atoms with E-state index in [1.54, 1.807) is 7.11 Å².